The predicted octanol–water partition coefficient (Wildman–Crippen LogP) is 2.55. The number of hydrogen-bond acceptors (Lipinski definition) is 4. The topological polar surface area (TPSA) is 61.9 Å². The Kier molecular flexibility index (Phi) is 5.90. The van der Waals surface area contributed by atoms with Gasteiger partial charge in [0.15, 0.2) is 0 Å². The van der Waals surface area contributed by atoms with Crippen molar-refractivity contribution < 1.29 is 14.3 Å². The van der Waals surface area contributed by atoms with Crippen LogP contribution in [0.5, 0.6) is 0 Å². The number of nitrogens with zero attached hydrogens (tertiary/aromatic N) is 2. The molecule has 0 saturated carbocycles. The molecule has 28 heavy (non-hydrogen) atoms. The Labute approximate surface area is 171 Å². The molecule has 1 N–H and O–H groups in total. The molecule has 0 spiro atoms. The zero-order valence-corrected chi connectivity index (χ0v) is 17.1. The van der Waals surface area contributed by atoms with Crippen molar-refractivity contribution in [2.75, 3.05) is 44.6 Å². The van der Waals surface area contributed by atoms with Crippen LogP contribution in [-0.4, -0.2) is 67.0 Å². The van der Waals surface area contributed by atoms with E-state index in [0.717, 1.165) is 56.8 Å². The molecular weight excluding hydrogens is 378 g/mol. The van der Waals surface area contributed by atoms with Gasteiger partial charge in [-0.2, -0.15) is 0 Å². The summed E-state index contributed by atoms with van der Waals surface area (Å²) in [4.78, 5) is 29.1. The van der Waals surface area contributed by atoms with E-state index in [2.05, 4.69) is 10.2 Å². The van der Waals surface area contributed by atoms with Crippen molar-refractivity contribution in [3.05, 3.63) is 28.8 Å². The number of hydrogen-bond donors (Lipinski definition) is 1. The molecule has 3 atom stereocenters. The summed E-state index contributed by atoms with van der Waals surface area (Å²) in [6.45, 7) is 6.97. The molecule has 3 saturated heterocycles. The zero-order valence-electron chi connectivity index (χ0n) is 16.3. The summed E-state index contributed by atoms with van der Waals surface area (Å²) >= 11 is 6.11. The van der Waals surface area contributed by atoms with E-state index in [1.165, 1.54) is 0 Å². The minimum Gasteiger partial charge on any atom is -0.368 e. The van der Waals surface area contributed by atoms with Crippen LogP contribution in [0.25, 0.3) is 0 Å². The number of rotatable bonds is 5. The highest BCUT2D eigenvalue weighted by atomic mass is 35.5. The first-order chi connectivity index (χ1) is 13.5. The van der Waals surface area contributed by atoms with Gasteiger partial charge < -0.3 is 19.9 Å². The first kappa shape index (κ1) is 19.7. The summed E-state index contributed by atoms with van der Waals surface area (Å²) in [6.07, 6.45) is 2.09. The maximum absolute atomic E-state index is 12.5. The Hall–Kier alpha value is -1.63. The first-order valence-corrected chi connectivity index (χ1v) is 10.6. The van der Waals surface area contributed by atoms with Crippen molar-refractivity contribution in [2.24, 2.45) is 11.8 Å². The Balaban J connectivity index is 1.20. The van der Waals surface area contributed by atoms with Crippen LogP contribution in [0, 0.1) is 18.8 Å². The lowest BCUT2D eigenvalue weighted by Crippen LogP contribution is -2.39. The molecule has 0 aromatic heterocycles. The summed E-state index contributed by atoms with van der Waals surface area (Å²) in [5.41, 5.74) is 1.73. The fourth-order valence-electron chi connectivity index (χ4n) is 4.58. The molecule has 3 unspecified atom stereocenters. The summed E-state index contributed by atoms with van der Waals surface area (Å²) in [7, 11) is 0. The lowest BCUT2D eigenvalue weighted by atomic mass is 10.0. The van der Waals surface area contributed by atoms with Gasteiger partial charge in [0.25, 0.3) is 5.91 Å². The molecule has 1 aromatic rings. The van der Waals surface area contributed by atoms with Crippen LogP contribution in [-0.2, 0) is 14.3 Å². The molecule has 1 aromatic carbocycles. The molecule has 2 amide bonds. The van der Waals surface area contributed by atoms with E-state index in [1.54, 1.807) is 6.07 Å². The third kappa shape index (κ3) is 4.34. The average molecular weight is 406 g/mol. The highest BCUT2D eigenvalue weighted by Crippen LogP contribution is 2.32. The van der Waals surface area contributed by atoms with Crippen LogP contribution < -0.4 is 5.32 Å². The van der Waals surface area contributed by atoms with Crippen molar-refractivity contribution in [2.45, 2.75) is 32.3 Å². The molecule has 7 heteroatoms. The number of amides is 2. The smallest absolute Gasteiger partial charge is 0.251 e. The Morgan fingerprint density at radius 2 is 1.96 bits per heavy atom. The van der Waals surface area contributed by atoms with E-state index < -0.39 is 0 Å². The van der Waals surface area contributed by atoms with E-state index in [4.69, 9.17) is 16.3 Å². The zero-order chi connectivity index (χ0) is 19.7. The number of ether oxygens (including phenoxy) is 1. The van der Waals surface area contributed by atoms with Crippen LogP contribution in [0.4, 0.5) is 5.69 Å². The number of halogens is 1. The van der Waals surface area contributed by atoms with Crippen molar-refractivity contribution >= 4 is 29.1 Å². The van der Waals surface area contributed by atoms with Gasteiger partial charge in [0.05, 0.1) is 0 Å². The quantitative estimate of drug-likeness (QED) is 0.817. The normalized spacial score (nSPS) is 27.2. The van der Waals surface area contributed by atoms with Gasteiger partial charge in [-0.1, -0.05) is 17.7 Å². The monoisotopic (exact) mass is 405 g/mol. The maximum atomic E-state index is 12.5. The number of likely N-dealkylation sites (tertiary alicyclic amines) is 2. The van der Waals surface area contributed by atoms with E-state index in [9.17, 15) is 9.59 Å². The number of carbonyl (C=O) groups is 2. The number of nitrogens with one attached hydrogen (secondary N) is 1. The largest absolute Gasteiger partial charge is 0.368 e. The third-order valence-electron chi connectivity index (χ3n) is 6.19. The molecular formula is C21H28ClN3O3. The summed E-state index contributed by atoms with van der Waals surface area (Å²) < 4.78 is 5.54. The molecule has 3 aliphatic heterocycles. The fraction of sp³-hybridized carbons (Fsp3) is 0.619. The van der Waals surface area contributed by atoms with Crippen molar-refractivity contribution in [3.8, 4) is 0 Å². The molecule has 4 rings (SSSR count). The van der Waals surface area contributed by atoms with Crippen molar-refractivity contribution in [3.63, 3.8) is 0 Å². The van der Waals surface area contributed by atoms with Crippen molar-refractivity contribution in [1.29, 1.82) is 0 Å². The van der Waals surface area contributed by atoms with Crippen LogP contribution >= 0.6 is 11.6 Å². The number of aryl methyl sites for hydroxylation is 1. The molecule has 3 aliphatic rings. The molecule has 0 radical (unpaired) electrons. The molecule has 152 valence electrons. The van der Waals surface area contributed by atoms with E-state index in [-0.39, 0.29) is 17.9 Å². The number of carbonyl (C=O) groups excluding carboxylic acids is 2. The van der Waals surface area contributed by atoms with E-state index >= 15 is 0 Å². The predicted molar refractivity (Wildman–Crippen MR) is 108 cm³/mol. The molecule has 3 heterocycles. The van der Waals surface area contributed by atoms with Gasteiger partial charge >= 0.3 is 0 Å². The molecule has 0 aliphatic carbocycles. The Morgan fingerprint density at radius 3 is 2.61 bits per heavy atom. The van der Waals surface area contributed by atoms with E-state index in [1.807, 2.05) is 24.0 Å². The highest BCUT2D eigenvalue weighted by molar-refractivity contribution is 6.31. The second-order valence-corrected chi connectivity index (χ2v) is 8.69. The van der Waals surface area contributed by atoms with Crippen LogP contribution in [0.3, 0.4) is 0 Å². The summed E-state index contributed by atoms with van der Waals surface area (Å²) in [6, 6.07) is 5.57. The first-order valence-electron chi connectivity index (χ1n) is 10.2. The Bertz CT molecular complexity index is 736. The number of benzene rings is 1. The van der Waals surface area contributed by atoms with Crippen LogP contribution in [0.15, 0.2) is 18.2 Å². The maximum Gasteiger partial charge on any atom is 0.251 e. The minimum atomic E-state index is -0.214. The van der Waals surface area contributed by atoms with Gasteiger partial charge in [-0.15, -0.1) is 0 Å². The van der Waals surface area contributed by atoms with Gasteiger partial charge in [-0.3, -0.25) is 9.59 Å². The van der Waals surface area contributed by atoms with Gasteiger partial charge in [-0.05, 0) is 49.3 Å². The van der Waals surface area contributed by atoms with E-state index in [0.29, 0.717) is 29.9 Å². The van der Waals surface area contributed by atoms with Crippen LogP contribution in [0.1, 0.15) is 24.8 Å². The molecule has 0 bridgehead atoms. The fourth-order valence-corrected chi connectivity index (χ4v) is 4.76. The average Bonchev–Trinajstić information content (AvgIpc) is 3.38. The van der Waals surface area contributed by atoms with Crippen LogP contribution in [0.2, 0.25) is 5.02 Å². The summed E-state index contributed by atoms with van der Waals surface area (Å²) in [5, 5.41) is 3.58. The lowest BCUT2D eigenvalue weighted by Gasteiger charge is -2.23. The summed E-state index contributed by atoms with van der Waals surface area (Å²) in [5.74, 6) is 1.22. The van der Waals surface area contributed by atoms with Gasteiger partial charge in [0, 0.05) is 56.5 Å². The molecule has 6 nitrogen and oxygen atoms in total. The second kappa shape index (κ2) is 8.39. The Morgan fingerprint density at radius 1 is 1.21 bits per heavy atom. The number of fused-ring (bicyclic) bond motifs is 1. The third-order valence-corrected chi connectivity index (χ3v) is 6.60. The van der Waals surface area contributed by atoms with Gasteiger partial charge in [0.2, 0.25) is 5.91 Å². The molecule has 3 fully saturated rings. The lowest BCUT2D eigenvalue weighted by molar-refractivity contribution is -0.140. The highest BCUT2D eigenvalue weighted by Gasteiger charge is 2.43. The minimum absolute atomic E-state index is 0.00663. The second-order valence-electron chi connectivity index (χ2n) is 8.29. The standard InChI is InChI=1S/C21H28ClN3O3/c1-14-4-5-17(9-18(14)22)23-20(26)6-7-24-10-15-12-25(13-16(15)11-24)21(27)19-3-2-8-28-19/h4-5,9,15-16,19H,2-3,6-8,10-13H2,1H3,(H,23,26). The van der Waals surface area contributed by atoms with Gasteiger partial charge in [0.1, 0.15) is 6.10 Å². The van der Waals surface area contributed by atoms with Gasteiger partial charge in [-0.25, -0.2) is 0 Å². The SMILES string of the molecule is Cc1ccc(NC(=O)CCN2CC3CN(C(=O)C4CCCO4)CC3C2)cc1Cl. The number of anilines is 1. The van der Waals surface area contributed by atoms with Crippen molar-refractivity contribution in [1.82, 2.24) is 9.80 Å².